The number of hydrogen-bond acceptors (Lipinski definition) is 3. The lowest BCUT2D eigenvalue weighted by atomic mass is 10.1. The number of rotatable bonds is 6. The average Bonchev–Trinajstić information content (AvgIpc) is 2.52. The molecule has 0 aliphatic heterocycles. The summed E-state index contributed by atoms with van der Waals surface area (Å²) in [6, 6.07) is 9.90. The van der Waals surface area contributed by atoms with Crippen molar-refractivity contribution in [2.24, 2.45) is 0 Å². The topological polar surface area (TPSA) is 75.3 Å². The molecular weight excluding hydrogens is 395 g/mol. The number of carbonyl (C=O) groups excluding carboxylic acids is 1. The quantitative estimate of drug-likeness (QED) is 0.748. The van der Waals surface area contributed by atoms with Crippen LogP contribution in [0.4, 0.5) is 5.69 Å². The molecule has 2 aromatic carbocycles. The highest BCUT2D eigenvalue weighted by atomic mass is 35.5. The van der Waals surface area contributed by atoms with Crippen LogP contribution in [0.2, 0.25) is 10.0 Å². The minimum Gasteiger partial charge on any atom is -0.349 e. The fourth-order valence-electron chi connectivity index (χ4n) is 2.46. The number of amides is 1. The van der Waals surface area contributed by atoms with Crippen molar-refractivity contribution in [1.29, 1.82) is 0 Å². The second-order valence-electron chi connectivity index (χ2n) is 6.18. The van der Waals surface area contributed by atoms with Crippen LogP contribution in [0.3, 0.4) is 0 Å². The SMILES string of the molecule is Cc1ccc(C(=O)NC(C)Cc2c(Cl)cccc2Cl)cc1NS(C)(=O)=O. The van der Waals surface area contributed by atoms with Gasteiger partial charge in [-0.05, 0) is 55.7 Å². The molecule has 5 nitrogen and oxygen atoms in total. The van der Waals surface area contributed by atoms with Crippen molar-refractivity contribution in [3.05, 3.63) is 63.1 Å². The van der Waals surface area contributed by atoms with Gasteiger partial charge in [0.25, 0.3) is 5.91 Å². The number of halogens is 2. The summed E-state index contributed by atoms with van der Waals surface area (Å²) in [7, 11) is -3.43. The monoisotopic (exact) mass is 414 g/mol. The molecule has 0 bridgehead atoms. The number of hydrogen-bond donors (Lipinski definition) is 2. The number of benzene rings is 2. The van der Waals surface area contributed by atoms with Gasteiger partial charge in [-0.25, -0.2) is 8.42 Å². The van der Waals surface area contributed by atoms with Crippen LogP contribution in [-0.4, -0.2) is 26.6 Å². The molecule has 0 saturated heterocycles. The standard InChI is InChI=1S/C18H20Cl2N2O3S/c1-11-7-8-13(10-17(11)22-26(3,24)25)18(23)21-12(2)9-14-15(19)5-4-6-16(14)20/h4-8,10,12,22H,9H2,1-3H3,(H,21,23). The van der Waals surface area contributed by atoms with Gasteiger partial charge < -0.3 is 5.32 Å². The van der Waals surface area contributed by atoms with Crippen molar-refractivity contribution in [3.8, 4) is 0 Å². The van der Waals surface area contributed by atoms with Crippen LogP contribution in [0, 0.1) is 6.92 Å². The largest absolute Gasteiger partial charge is 0.349 e. The zero-order chi connectivity index (χ0) is 19.5. The number of anilines is 1. The third-order valence-corrected chi connectivity index (χ3v) is 5.04. The third-order valence-electron chi connectivity index (χ3n) is 3.74. The fraction of sp³-hybridized carbons (Fsp3) is 0.278. The van der Waals surface area contributed by atoms with Crippen LogP contribution in [0.5, 0.6) is 0 Å². The highest BCUT2D eigenvalue weighted by molar-refractivity contribution is 7.92. The molecule has 0 saturated carbocycles. The summed E-state index contributed by atoms with van der Waals surface area (Å²) in [6.07, 6.45) is 1.54. The molecule has 0 aliphatic rings. The van der Waals surface area contributed by atoms with E-state index in [2.05, 4.69) is 10.0 Å². The first-order valence-corrected chi connectivity index (χ1v) is 10.5. The fourth-order valence-corrected chi connectivity index (χ4v) is 3.64. The van der Waals surface area contributed by atoms with E-state index in [-0.39, 0.29) is 11.9 Å². The van der Waals surface area contributed by atoms with Crippen molar-refractivity contribution >= 4 is 44.8 Å². The maximum Gasteiger partial charge on any atom is 0.251 e. The molecule has 140 valence electrons. The predicted octanol–water partition coefficient (Wildman–Crippen LogP) is 4.03. The van der Waals surface area contributed by atoms with Crippen molar-refractivity contribution in [2.45, 2.75) is 26.3 Å². The van der Waals surface area contributed by atoms with Crippen LogP contribution in [0.15, 0.2) is 36.4 Å². The Balaban J connectivity index is 2.13. The van der Waals surface area contributed by atoms with Crippen LogP contribution in [-0.2, 0) is 16.4 Å². The summed E-state index contributed by atoms with van der Waals surface area (Å²) in [5.74, 6) is -0.308. The molecule has 2 rings (SSSR count). The van der Waals surface area contributed by atoms with Crippen LogP contribution in [0.25, 0.3) is 0 Å². The molecule has 2 N–H and O–H groups in total. The van der Waals surface area contributed by atoms with E-state index in [4.69, 9.17) is 23.2 Å². The predicted molar refractivity (Wildman–Crippen MR) is 107 cm³/mol. The van der Waals surface area contributed by atoms with Gasteiger partial charge in [-0.1, -0.05) is 35.3 Å². The Kier molecular flexibility index (Phi) is 6.55. The molecule has 0 heterocycles. The molecule has 0 radical (unpaired) electrons. The first kappa shape index (κ1) is 20.6. The van der Waals surface area contributed by atoms with Gasteiger partial charge in [0.05, 0.1) is 11.9 Å². The molecule has 8 heteroatoms. The second kappa shape index (κ2) is 8.29. The first-order valence-electron chi connectivity index (χ1n) is 7.89. The van der Waals surface area contributed by atoms with Crippen LogP contribution in [0.1, 0.15) is 28.4 Å². The van der Waals surface area contributed by atoms with E-state index < -0.39 is 10.0 Å². The van der Waals surface area contributed by atoms with Gasteiger partial charge in [0.15, 0.2) is 0 Å². The van der Waals surface area contributed by atoms with Crippen molar-refractivity contribution in [2.75, 3.05) is 11.0 Å². The molecule has 1 atom stereocenters. The van der Waals surface area contributed by atoms with Gasteiger partial charge in [0.1, 0.15) is 0 Å². The Hall–Kier alpha value is -1.76. The Morgan fingerprint density at radius 2 is 1.77 bits per heavy atom. The molecule has 2 aromatic rings. The van der Waals surface area contributed by atoms with E-state index in [1.807, 2.05) is 6.92 Å². The summed E-state index contributed by atoms with van der Waals surface area (Å²) in [4.78, 5) is 12.5. The second-order valence-corrected chi connectivity index (χ2v) is 8.75. The molecule has 26 heavy (non-hydrogen) atoms. The zero-order valence-electron chi connectivity index (χ0n) is 14.6. The van der Waals surface area contributed by atoms with Gasteiger partial charge in [-0.2, -0.15) is 0 Å². The highest BCUT2D eigenvalue weighted by Crippen LogP contribution is 2.25. The minimum absolute atomic E-state index is 0.215. The molecule has 1 amide bonds. The summed E-state index contributed by atoms with van der Waals surface area (Å²) in [5, 5.41) is 3.97. The summed E-state index contributed by atoms with van der Waals surface area (Å²) < 4.78 is 25.3. The van der Waals surface area contributed by atoms with Gasteiger partial charge in [0, 0.05) is 21.7 Å². The number of nitrogens with one attached hydrogen (secondary N) is 2. The van der Waals surface area contributed by atoms with E-state index in [0.29, 0.717) is 27.7 Å². The molecule has 0 aromatic heterocycles. The van der Waals surface area contributed by atoms with Crippen molar-refractivity contribution < 1.29 is 13.2 Å². The number of aryl methyl sites for hydroxylation is 1. The zero-order valence-corrected chi connectivity index (χ0v) is 17.0. The number of sulfonamides is 1. The molecule has 0 spiro atoms. The average molecular weight is 415 g/mol. The third kappa shape index (κ3) is 5.62. The van der Waals surface area contributed by atoms with Gasteiger partial charge in [-0.3, -0.25) is 9.52 Å². The van der Waals surface area contributed by atoms with Gasteiger partial charge in [0.2, 0.25) is 10.0 Å². The smallest absolute Gasteiger partial charge is 0.251 e. The van der Waals surface area contributed by atoms with E-state index in [1.165, 1.54) is 6.07 Å². The van der Waals surface area contributed by atoms with E-state index in [0.717, 1.165) is 17.4 Å². The molecule has 0 fully saturated rings. The lowest BCUT2D eigenvalue weighted by Crippen LogP contribution is -2.34. The summed E-state index contributed by atoms with van der Waals surface area (Å²) >= 11 is 12.3. The Morgan fingerprint density at radius 3 is 2.35 bits per heavy atom. The van der Waals surface area contributed by atoms with Gasteiger partial charge in [-0.15, -0.1) is 0 Å². The lowest BCUT2D eigenvalue weighted by Gasteiger charge is -2.17. The maximum absolute atomic E-state index is 12.5. The summed E-state index contributed by atoms with van der Waals surface area (Å²) in [6.45, 7) is 3.61. The maximum atomic E-state index is 12.5. The van der Waals surface area contributed by atoms with Crippen LogP contribution >= 0.6 is 23.2 Å². The normalized spacial score (nSPS) is 12.5. The highest BCUT2D eigenvalue weighted by Gasteiger charge is 2.15. The number of carbonyl (C=O) groups is 1. The minimum atomic E-state index is -3.43. The van der Waals surface area contributed by atoms with E-state index >= 15 is 0 Å². The van der Waals surface area contributed by atoms with Crippen LogP contribution < -0.4 is 10.0 Å². The van der Waals surface area contributed by atoms with E-state index in [1.54, 1.807) is 37.3 Å². The van der Waals surface area contributed by atoms with Crippen molar-refractivity contribution in [1.82, 2.24) is 5.32 Å². The van der Waals surface area contributed by atoms with Gasteiger partial charge >= 0.3 is 0 Å². The molecule has 0 aliphatic carbocycles. The Bertz CT molecular complexity index is 910. The lowest BCUT2D eigenvalue weighted by molar-refractivity contribution is 0.0940. The molecular formula is C18H20Cl2N2O3S. The summed E-state index contributed by atoms with van der Waals surface area (Å²) in [5.41, 5.74) is 2.23. The van der Waals surface area contributed by atoms with E-state index in [9.17, 15) is 13.2 Å². The Labute approximate surface area is 163 Å². The first-order chi connectivity index (χ1) is 12.1. The Morgan fingerprint density at radius 1 is 1.15 bits per heavy atom. The molecule has 1 unspecified atom stereocenters. The van der Waals surface area contributed by atoms with Crippen molar-refractivity contribution in [3.63, 3.8) is 0 Å².